The fraction of sp³-hybridized carbons (Fsp3) is 0.318. The highest BCUT2D eigenvalue weighted by Crippen LogP contribution is 2.48. The Morgan fingerprint density at radius 3 is 2.48 bits per heavy atom. The minimum Gasteiger partial charge on any atom is -0.466 e. The number of hydrogen-bond donors (Lipinski definition) is 1. The standard InChI is InChI=1S/C22H20N2O4S/c1-11-16(21(25)27-2)17(18(22(26)28-3)19(24-11)12-7-8-12)15-10-29-20-13(9-23)5-4-6-14(15)20/h4-6,10,12,17,24H,7-8H2,1-3H3. The molecule has 1 aromatic heterocycles. The Hall–Kier alpha value is -3.11. The number of thiophene rings is 1. The van der Waals surface area contributed by atoms with Gasteiger partial charge in [-0.25, -0.2) is 9.59 Å². The lowest BCUT2D eigenvalue weighted by molar-refractivity contribution is -0.137. The van der Waals surface area contributed by atoms with E-state index >= 15 is 0 Å². The maximum absolute atomic E-state index is 12.9. The summed E-state index contributed by atoms with van der Waals surface area (Å²) in [4.78, 5) is 25.6. The van der Waals surface area contributed by atoms with E-state index in [-0.39, 0.29) is 5.92 Å². The third-order valence-electron chi connectivity index (χ3n) is 5.45. The molecule has 1 unspecified atom stereocenters. The molecule has 1 N–H and O–H groups in total. The minimum atomic E-state index is -0.616. The molecule has 2 aliphatic rings. The molecule has 29 heavy (non-hydrogen) atoms. The van der Waals surface area contributed by atoms with Crippen molar-refractivity contribution in [3.05, 3.63) is 57.2 Å². The second-order valence-electron chi connectivity index (χ2n) is 7.17. The van der Waals surface area contributed by atoms with Crippen LogP contribution in [-0.4, -0.2) is 26.2 Å². The van der Waals surface area contributed by atoms with E-state index in [1.165, 1.54) is 25.6 Å². The van der Waals surface area contributed by atoms with Crippen molar-refractivity contribution < 1.29 is 19.1 Å². The van der Waals surface area contributed by atoms with E-state index < -0.39 is 17.9 Å². The zero-order valence-electron chi connectivity index (χ0n) is 16.4. The van der Waals surface area contributed by atoms with Crippen molar-refractivity contribution in [3.63, 3.8) is 0 Å². The summed E-state index contributed by atoms with van der Waals surface area (Å²) in [5.74, 6) is -1.32. The molecule has 0 saturated heterocycles. The molecule has 1 atom stereocenters. The molecule has 1 aliphatic carbocycles. The van der Waals surface area contributed by atoms with E-state index in [2.05, 4.69) is 11.4 Å². The van der Waals surface area contributed by atoms with Crippen LogP contribution in [0.5, 0.6) is 0 Å². The van der Waals surface area contributed by atoms with Gasteiger partial charge in [-0.05, 0) is 48.1 Å². The first-order chi connectivity index (χ1) is 14.0. The van der Waals surface area contributed by atoms with Crippen molar-refractivity contribution in [2.75, 3.05) is 14.2 Å². The molecule has 1 saturated carbocycles. The summed E-state index contributed by atoms with van der Waals surface area (Å²) in [5, 5.41) is 15.5. The molecule has 0 bridgehead atoms. The van der Waals surface area contributed by atoms with Gasteiger partial charge in [0.05, 0.1) is 41.5 Å². The Bertz CT molecular complexity index is 1130. The molecule has 148 valence electrons. The van der Waals surface area contributed by atoms with E-state index in [9.17, 15) is 14.9 Å². The summed E-state index contributed by atoms with van der Waals surface area (Å²) in [7, 11) is 2.68. The van der Waals surface area contributed by atoms with Gasteiger partial charge in [0, 0.05) is 11.4 Å². The number of methoxy groups -OCH3 is 2. The number of nitrogens with zero attached hydrogens (tertiary/aromatic N) is 1. The fourth-order valence-electron chi connectivity index (χ4n) is 3.97. The molecule has 7 heteroatoms. The molecule has 0 radical (unpaired) electrons. The third kappa shape index (κ3) is 3.10. The normalized spacial score (nSPS) is 19.0. The zero-order chi connectivity index (χ0) is 20.7. The summed E-state index contributed by atoms with van der Waals surface area (Å²) < 4.78 is 11.0. The molecule has 1 aromatic carbocycles. The van der Waals surface area contributed by atoms with Gasteiger partial charge in [-0.15, -0.1) is 11.3 Å². The Morgan fingerprint density at radius 1 is 1.17 bits per heavy atom. The average Bonchev–Trinajstić information content (AvgIpc) is 3.50. The van der Waals surface area contributed by atoms with E-state index in [0.717, 1.165) is 34.2 Å². The number of allylic oxidation sites excluding steroid dienone is 2. The van der Waals surface area contributed by atoms with Crippen LogP contribution in [0.25, 0.3) is 10.1 Å². The van der Waals surface area contributed by atoms with Gasteiger partial charge in [-0.3, -0.25) is 0 Å². The fourth-order valence-corrected chi connectivity index (χ4v) is 5.03. The molecule has 6 nitrogen and oxygen atoms in total. The first-order valence-corrected chi connectivity index (χ1v) is 10.2. The maximum atomic E-state index is 12.9. The van der Waals surface area contributed by atoms with Gasteiger partial charge >= 0.3 is 11.9 Å². The third-order valence-corrected chi connectivity index (χ3v) is 6.50. The number of carbonyl (C=O) groups is 2. The van der Waals surface area contributed by atoms with Crippen molar-refractivity contribution in [1.82, 2.24) is 5.32 Å². The zero-order valence-corrected chi connectivity index (χ0v) is 17.2. The molecule has 1 aliphatic heterocycles. The summed E-state index contributed by atoms with van der Waals surface area (Å²) in [5.41, 5.74) is 3.71. The van der Waals surface area contributed by atoms with Crippen molar-refractivity contribution in [2.45, 2.75) is 25.7 Å². The molecular weight excluding hydrogens is 388 g/mol. The van der Waals surface area contributed by atoms with Crippen molar-refractivity contribution in [2.24, 2.45) is 5.92 Å². The van der Waals surface area contributed by atoms with Crippen LogP contribution < -0.4 is 5.32 Å². The van der Waals surface area contributed by atoms with Gasteiger partial charge in [0.1, 0.15) is 6.07 Å². The van der Waals surface area contributed by atoms with Crippen molar-refractivity contribution in [3.8, 4) is 6.07 Å². The highest BCUT2D eigenvalue weighted by Gasteiger charge is 2.43. The van der Waals surface area contributed by atoms with E-state index in [0.29, 0.717) is 22.4 Å². The smallest absolute Gasteiger partial charge is 0.336 e. The summed E-state index contributed by atoms with van der Waals surface area (Å²) >= 11 is 1.44. The topological polar surface area (TPSA) is 88.4 Å². The predicted octanol–water partition coefficient (Wildman–Crippen LogP) is 3.74. The van der Waals surface area contributed by atoms with Crippen LogP contribution in [-0.2, 0) is 19.1 Å². The molecule has 1 fully saturated rings. The Kier molecular flexibility index (Phi) is 4.89. The SMILES string of the molecule is COC(=O)C1=C(C)NC(C2CC2)=C(C(=O)OC)C1c1csc2c(C#N)cccc12. The summed E-state index contributed by atoms with van der Waals surface area (Å²) in [6, 6.07) is 7.71. The highest BCUT2D eigenvalue weighted by molar-refractivity contribution is 7.17. The summed E-state index contributed by atoms with van der Waals surface area (Å²) in [6.45, 7) is 1.82. The molecule has 2 heterocycles. The number of benzene rings is 1. The number of hydrogen-bond acceptors (Lipinski definition) is 7. The predicted molar refractivity (Wildman–Crippen MR) is 109 cm³/mol. The molecule has 2 aromatic rings. The molecule has 0 amide bonds. The second kappa shape index (κ2) is 7.37. The van der Waals surface area contributed by atoms with Gasteiger partial charge in [-0.2, -0.15) is 5.26 Å². The lowest BCUT2D eigenvalue weighted by atomic mass is 9.79. The summed E-state index contributed by atoms with van der Waals surface area (Å²) in [6.07, 6.45) is 1.97. The van der Waals surface area contributed by atoms with Gasteiger partial charge in [0.25, 0.3) is 0 Å². The lowest BCUT2D eigenvalue weighted by Crippen LogP contribution is -2.33. The van der Waals surface area contributed by atoms with E-state index in [1.54, 1.807) is 6.07 Å². The van der Waals surface area contributed by atoms with Crippen LogP contribution in [0.15, 0.2) is 46.1 Å². The molecule has 4 rings (SSSR count). The van der Waals surface area contributed by atoms with Gasteiger partial charge in [0.2, 0.25) is 0 Å². The number of rotatable bonds is 4. The first-order valence-electron chi connectivity index (χ1n) is 9.30. The molecular formula is C22H20N2O4S. The second-order valence-corrected chi connectivity index (χ2v) is 8.05. The van der Waals surface area contributed by atoms with Gasteiger partial charge < -0.3 is 14.8 Å². The highest BCUT2D eigenvalue weighted by atomic mass is 32.1. The van der Waals surface area contributed by atoms with Gasteiger partial charge in [-0.1, -0.05) is 12.1 Å². The number of nitrogens with one attached hydrogen (secondary N) is 1. The largest absolute Gasteiger partial charge is 0.466 e. The molecule has 0 spiro atoms. The Balaban J connectivity index is 2.01. The van der Waals surface area contributed by atoms with Crippen LogP contribution in [0.4, 0.5) is 0 Å². The average molecular weight is 408 g/mol. The number of carbonyl (C=O) groups excluding carboxylic acids is 2. The number of ether oxygens (including phenoxy) is 2. The number of nitriles is 1. The van der Waals surface area contributed by atoms with Gasteiger partial charge in [0.15, 0.2) is 0 Å². The number of dihydropyridines is 1. The van der Waals surface area contributed by atoms with Crippen LogP contribution in [0.1, 0.15) is 36.8 Å². The van der Waals surface area contributed by atoms with E-state index in [4.69, 9.17) is 9.47 Å². The number of fused-ring (bicyclic) bond motifs is 1. The Labute approximate surface area is 172 Å². The van der Waals surface area contributed by atoms with Crippen LogP contribution in [0, 0.1) is 17.2 Å². The monoisotopic (exact) mass is 408 g/mol. The number of esters is 2. The first kappa shape index (κ1) is 19.2. The Morgan fingerprint density at radius 2 is 1.86 bits per heavy atom. The van der Waals surface area contributed by atoms with Crippen LogP contribution in [0.2, 0.25) is 0 Å². The van der Waals surface area contributed by atoms with Crippen LogP contribution in [0.3, 0.4) is 0 Å². The van der Waals surface area contributed by atoms with Crippen molar-refractivity contribution >= 4 is 33.4 Å². The lowest BCUT2D eigenvalue weighted by Gasteiger charge is -2.31. The van der Waals surface area contributed by atoms with Crippen molar-refractivity contribution in [1.29, 1.82) is 5.26 Å². The quantitative estimate of drug-likeness (QED) is 0.776. The maximum Gasteiger partial charge on any atom is 0.336 e. The van der Waals surface area contributed by atoms with E-state index in [1.807, 2.05) is 24.4 Å². The minimum absolute atomic E-state index is 0.250. The van der Waals surface area contributed by atoms with Crippen LogP contribution >= 0.6 is 11.3 Å².